The van der Waals surface area contributed by atoms with E-state index >= 15 is 0 Å². The van der Waals surface area contributed by atoms with Gasteiger partial charge in [-0.25, -0.2) is 0 Å². The van der Waals surface area contributed by atoms with Crippen LogP contribution in [0.2, 0.25) is 0 Å². The highest BCUT2D eigenvalue weighted by Crippen LogP contribution is 2.36. The van der Waals surface area contributed by atoms with Crippen molar-refractivity contribution in [3.05, 3.63) is 48.0 Å². The Labute approximate surface area is 254 Å². The molecular formula is C33H47N5O5. The van der Waals surface area contributed by atoms with Crippen LogP contribution in [0.3, 0.4) is 0 Å². The van der Waals surface area contributed by atoms with Crippen molar-refractivity contribution in [3.8, 4) is 5.75 Å². The second-order valence-electron chi connectivity index (χ2n) is 12.2. The van der Waals surface area contributed by atoms with Crippen LogP contribution >= 0.6 is 0 Å². The number of hydrogen-bond donors (Lipinski definition) is 4. The van der Waals surface area contributed by atoms with E-state index in [0.717, 1.165) is 12.5 Å². The molecule has 1 aliphatic carbocycles. The topological polar surface area (TPSA) is 137 Å². The van der Waals surface area contributed by atoms with E-state index in [-0.39, 0.29) is 48.8 Å². The molecule has 43 heavy (non-hydrogen) atoms. The number of hydrogen-bond acceptors (Lipinski definition) is 7. The molecule has 2 aliphatic rings. The van der Waals surface area contributed by atoms with Crippen LogP contribution in [0.5, 0.6) is 5.75 Å². The minimum absolute atomic E-state index is 0.00652. The number of aliphatic hydroxyl groups excluding tert-OH is 1. The summed E-state index contributed by atoms with van der Waals surface area (Å²) < 4.78 is 6.59. The lowest BCUT2D eigenvalue weighted by molar-refractivity contribution is -0.116. The number of nitrogen functional groups attached to an aromatic ring is 1. The van der Waals surface area contributed by atoms with Crippen molar-refractivity contribution in [1.82, 2.24) is 9.80 Å². The molecular weight excluding hydrogens is 546 g/mol. The quantitative estimate of drug-likeness (QED) is 0.189. The number of rotatable bonds is 14. The summed E-state index contributed by atoms with van der Waals surface area (Å²) in [5.41, 5.74) is 7.86. The molecule has 0 unspecified atom stereocenters. The van der Waals surface area contributed by atoms with Crippen LogP contribution in [0.15, 0.2) is 42.5 Å². The number of benzene rings is 2. The number of ether oxygens (including phenoxy) is 1. The zero-order valence-electron chi connectivity index (χ0n) is 25.7. The van der Waals surface area contributed by atoms with Crippen molar-refractivity contribution in [2.45, 2.75) is 70.9 Å². The largest absolute Gasteiger partial charge is 0.486 e. The van der Waals surface area contributed by atoms with Gasteiger partial charge in [0, 0.05) is 38.4 Å². The number of amides is 3. The van der Waals surface area contributed by atoms with Crippen molar-refractivity contribution in [2.75, 3.05) is 49.7 Å². The average Bonchev–Trinajstić information content (AvgIpc) is 3.79. The Bertz CT molecular complexity index is 1270. The molecule has 10 heteroatoms. The maximum absolute atomic E-state index is 13.7. The number of aliphatic hydroxyl groups is 1. The maximum Gasteiger partial charge on any atom is 0.258 e. The first-order valence-electron chi connectivity index (χ1n) is 15.5. The Morgan fingerprint density at radius 3 is 2.33 bits per heavy atom. The Morgan fingerprint density at radius 1 is 1.02 bits per heavy atom. The molecule has 2 aromatic rings. The number of unbranched alkanes of at least 4 members (excludes halogenated alkanes) is 2. The lowest BCUT2D eigenvalue weighted by Gasteiger charge is -2.38. The third-order valence-electron chi connectivity index (χ3n) is 8.27. The van der Waals surface area contributed by atoms with Crippen LogP contribution in [-0.4, -0.2) is 78.1 Å². The lowest BCUT2D eigenvalue weighted by Crippen LogP contribution is -2.50. The molecule has 5 N–H and O–H groups in total. The number of nitrogens with two attached hydrogens (primary N) is 1. The van der Waals surface area contributed by atoms with Crippen molar-refractivity contribution in [1.29, 1.82) is 0 Å². The first-order valence-corrected chi connectivity index (χ1v) is 15.5. The standard InChI is InChI=1S/C33H47N5O5/c1-22-18-38(23(2)21-39)33(42)25-10-9-13-28(32(25)43-29(22)20-37(3)19-24-16-17-24)36-31(41)15-6-4-5-14-30(40)35-27-12-8-7-11-26(27)34/h7-13,22-24,29,39H,4-6,14-21,34H2,1-3H3,(H,35,40)(H,36,41)/t22-,23+,29-/m0/s1. The van der Waals surface area contributed by atoms with Crippen LogP contribution in [-0.2, 0) is 9.59 Å². The maximum atomic E-state index is 13.7. The van der Waals surface area contributed by atoms with Crippen LogP contribution < -0.4 is 21.1 Å². The summed E-state index contributed by atoms with van der Waals surface area (Å²) in [6.45, 7) is 5.94. The van der Waals surface area contributed by atoms with Crippen LogP contribution in [0, 0.1) is 11.8 Å². The van der Waals surface area contributed by atoms with E-state index in [4.69, 9.17) is 10.5 Å². The number of anilines is 3. The molecule has 3 atom stereocenters. The van der Waals surface area contributed by atoms with Crippen molar-refractivity contribution >= 4 is 34.8 Å². The second-order valence-corrected chi connectivity index (χ2v) is 12.2. The van der Waals surface area contributed by atoms with E-state index in [1.165, 1.54) is 12.8 Å². The normalized spacial score (nSPS) is 19.2. The number of likely N-dealkylation sites (N-methyl/N-ethyl adjacent to an activating group) is 1. The van der Waals surface area contributed by atoms with Gasteiger partial charge in [0.05, 0.1) is 35.3 Å². The Balaban J connectivity index is 1.38. The van der Waals surface area contributed by atoms with Gasteiger partial charge in [0.2, 0.25) is 11.8 Å². The molecule has 0 saturated heterocycles. The highest BCUT2D eigenvalue weighted by molar-refractivity contribution is 6.01. The van der Waals surface area contributed by atoms with E-state index in [1.54, 1.807) is 35.2 Å². The summed E-state index contributed by atoms with van der Waals surface area (Å²) in [4.78, 5) is 42.9. The summed E-state index contributed by atoms with van der Waals surface area (Å²) in [5, 5.41) is 15.7. The molecule has 0 bridgehead atoms. The number of nitrogens with zero attached hydrogens (tertiary/aromatic N) is 2. The fourth-order valence-corrected chi connectivity index (χ4v) is 5.47. The van der Waals surface area contributed by atoms with Gasteiger partial charge in [-0.1, -0.05) is 31.5 Å². The zero-order chi connectivity index (χ0) is 30.9. The smallest absolute Gasteiger partial charge is 0.258 e. The summed E-state index contributed by atoms with van der Waals surface area (Å²) in [6.07, 6.45) is 4.92. The predicted molar refractivity (Wildman–Crippen MR) is 169 cm³/mol. The highest BCUT2D eigenvalue weighted by atomic mass is 16.5. The van der Waals surface area contributed by atoms with E-state index in [2.05, 4.69) is 29.5 Å². The summed E-state index contributed by atoms with van der Waals surface area (Å²) in [7, 11) is 2.10. The first kappa shape index (κ1) is 32.3. The van der Waals surface area contributed by atoms with E-state index in [0.29, 0.717) is 67.1 Å². The molecule has 2 aromatic carbocycles. The Hall–Kier alpha value is -3.63. The molecule has 1 fully saturated rings. The summed E-state index contributed by atoms with van der Waals surface area (Å²) in [5.74, 6) is 0.615. The number of carbonyl (C=O) groups excluding carboxylic acids is 3. The molecule has 0 spiro atoms. The molecule has 1 saturated carbocycles. The Morgan fingerprint density at radius 2 is 1.67 bits per heavy atom. The van der Waals surface area contributed by atoms with Gasteiger partial charge >= 0.3 is 0 Å². The fraction of sp³-hybridized carbons (Fsp3) is 0.545. The van der Waals surface area contributed by atoms with Gasteiger partial charge in [0.1, 0.15) is 6.10 Å². The lowest BCUT2D eigenvalue weighted by atomic mass is 9.99. The van der Waals surface area contributed by atoms with Crippen LogP contribution in [0.1, 0.15) is 69.2 Å². The van der Waals surface area contributed by atoms with Crippen LogP contribution in [0.25, 0.3) is 0 Å². The molecule has 10 nitrogen and oxygen atoms in total. The SMILES string of the molecule is C[C@H](CO)N1C[C@H](C)[C@H](CN(C)CC2CC2)Oc2c(NC(=O)CCCCCC(=O)Nc3ccccc3N)cccc2C1=O. The van der Waals surface area contributed by atoms with Crippen LogP contribution in [0.4, 0.5) is 17.1 Å². The molecule has 3 amide bonds. The van der Waals surface area contributed by atoms with Gasteiger partial charge in [-0.2, -0.15) is 0 Å². The van der Waals surface area contributed by atoms with Gasteiger partial charge in [0.15, 0.2) is 5.75 Å². The van der Waals surface area contributed by atoms with Gasteiger partial charge in [0.25, 0.3) is 5.91 Å². The predicted octanol–water partition coefficient (Wildman–Crippen LogP) is 4.36. The van der Waals surface area contributed by atoms with E-state index in [9.17, 15) is 19.5 Å². The molecule has 0 aromatic heterocycles. The average molecular weight is 594 g/mol. The van der Waals surface area contributed by atoms with Crippen molar-refractivity contribution in [2.24, 2.45) is 11.8 Å². The molecule has 1 heterocycles. The van der Waals surface area contributed by atoms with Gasteiger partial charge in [-0.3, -0.25) is 14.4 Å². The molecule has 234 valence electrons. The highest BCUT2D eigenvalue weighted by Gasteiger charge is 2.35. The molecule has 1 aliphatic heterocycles. The van der Waals surface area contributed by atoms with Gasteiger partial charge in [-0.05, 0) is 69.8 Å². The Kier molecular flexibility index (Phi) is 11.4. The van der Waals surface area contributed by atoms with Gasteiger partial charge in [-0.15, -0.1) is 0 Å². The number of para-hydroxylation sites is 3. The number of fused-ring (bicyclic) bond motifs is 1. The zero-order valence-corrected chi connectivity index (χ0v) is 25.7. The summed E-state index contributed by atoms with van der Waals surface area (Å²) >= 11 is 0. The monoisotopic (exact) mass is 593 g/mol. The van der Waals surface area contributed by atoms with Gasteiger partial charge < -0.3 is 36.0 Å². The number of nitrogens with one attached hydrogen (secondary N) is 2. The van der Waals surface area contributed by atoms with Crippen molar-refractivity contribution in [3.63, 3.8) is 0 Å². The van der Waals surface area contributed by atoms with E-state index in [1.807, 2.05) is 19.1 Å². The second kappa shape index (κ2) is 15.2. The number of carbonyl (C=O) groups is 3. The third kappa shape index (κ3) is 9.18. The fourth-order valence-electron chi connectivity index (χ4n) is 5.47. The molecule has 4 rings (SSSR count). The first-order chi connectivity index (χ1) is 20.7. The molecule has 0 radical (unpaired) electrons. The van der Waals surface area contributed by atoms with Crippen molar-refractivity contribution < 1.29 is 24.2 Å². The minimum Gasteiger partial charge on any atom is -0.486 e. The third-order valence-corrected chi connectivity index (χ3v) is 8.27. The van der Waals surface area contributed by atoms with E-state index < -0.39 is 0 Å². The summed E-state index contributed by atoms with van der Waals surface area (Å²) in [6, 6.07) is 12.0. The minimum atomic E-state index is -0.351.